The van der Waals surface area contributed by atoms with E-state index in [2.05, 4.69) is 10.5 Å². The average Bonchev–Trinajstić information content (AvgIpc) is 3.27. The van der Waals surface area contributed by atoms with Crippen molar-refractivity contribution in [1.82, 2.24) is 15.0 Å². The number of benzene rings is 2. The van der Waals surface area contributed by atoms with Crippen LogP contribution in [0.25, 0.3) is 22.0 Å². The van der Waals surface area contributed by atoms with E-state index in [4.69, 9.17) is 16.6 Å². The second-order valence-corrected chi connectivity index (χ2v) is 11.2. The number of hydrogen-bond donors (Lipinski definition) is 1. The molecule has 6 nitrogen and oxygen atoms in total. The number of hydrazone groups is 1. The molecule has 0 saturated carbocycles. The highest BCUT2D eigenvalue weighted by Gasteiger charge is 2.23. The van der Waals surface area contributed by atoms with Crippen molar-refractivity contribution in [2.45, 2.75) is 37.8 Å². The number of halogens is 1. The first-order chi connectivity index (χ1) is 18.0. The standard InChI is InChI=1S/C28H25ClN4O2S2/c1-18(15-19-7-3-2-4-8-19)16-30-32-24(34)17-36-28-31-26-25(22-9-5-6-10-23(22)37-26)27(35)33(28)21-13-11-20(29)12-14-21/h2-4,7-8,11-16H,5-6,9-10,17H2,1H3,(H,32,34). The van der Waals surface area contributed by atoms with Gasteiger partial charge in [0.15, 0.2) is 5.16 Å². The summed E-state index contributed by atoms with van der Waals surface area (Å²) in [5.74, 6) is -0.216. The molecule has 1 aliphatic carbocycles. The van der Waals surface area contributed by atoms with Gasteiger partial charge in [-0.05, 0) is 73.6 Å². The zero-order chi connectivity index (χ0) is 25.8. The molecule has 0 aliphatic heterocycles. The maximum atomic E-state index is 13.8. The minimum atomic E-state index is -0.281. The molecule has 1 N–H and O–H groups in total. The minimum Gasteiger partial charge on any atom is -0.272 e. The molecule has 0 radical (unpaired) electrons. The van der Waals surface area contributed by atoms with Crippen LogP contribution in [0.4, 0.5) is 0 Å². The summed E-state index contributed by atoms with van der Waals surface area (Å²) >= 11 is 8.91. The lowest BCUT2D eigenvalue weighted by Gasteiger charge is -2.13. The van der Waals surface area contributed by atoms with E-state index in [0.29, 0.717) is 21.3 Å². The Hall–Kier alpha value is -3.20. The highest BCUT2D eigenvalue weighted by atomic mass is 35.5. The molecule has 2 aromatic heterocycles. The zero-order valence-corrected chi connectivity index (χ0v) is 22.6. The van der Waals surface area contributed by atoms with Gasteiger partial charge in [0.05, 0.1) is 23.0 Å². The van der Waals surface area contributed by atoms with E-state index < -0.39 is 0 Å². The SMILES string of the molecule is CC(C=NNC(=O)CSc1nc2sc3c(c2c(=O)n1-c1ccc(Cl)cc1)CCCC3)=Cc1ccccc1. The van der Waals surface area contributed by atoms with Gasteiger partial charge in [0.1, 0.15) is 4.83 Å². The van der Waals surface area contributed by atoms with Gasteiger partial charge < -0.3 is 0 Å². The molecule has 0 unspecified atom stereocenters. The van der Waals surface area contributed by atoms with Gasteiger partial charge in [0, 0.05) is 9.90 Å². The van der Waals surface area contributed by atoms with Crippen molar-refractivity contribution in [3.63, 3.8) is 0 Å². The molecule has 0 saturated heterocycles. The first-order valence-electron chi connectivity index (χ1n) is 12.0. The Morgan fingerprint density at radius 1 is 1.16 bits per heavy atom. The lowest BCUT2D eigenvalue weighted by atomic mass is 9.97. The van der Waals surface area contributed by atoms with Crippen LogP contribution in [0.2, 0.25) is 5.02 Å². The summed E-state index contributed by atoms with van der Waals surface area (Å²) < 4.78 is 1.59. The second kappa shape index (κ2) is 11.5. The largest absolute Gasteiger partial charge is 0.272 e. The van der Waals surface area contributed by atoms with Gasteiger partial charge in [-0.2, -0.15) is 5.10 Å². The topological polar surface area (TPSA) is 76.3 Å². The molecule has 2 heterocycles. The molecule has 5 rings (SSSR count). The summed E-state index contributed by atoms with van der Waals surface area (Å²) in [4.78, 5) is 33.2. The van der Waals surface area contributed by atoms with Gasteiger partial charge >= 0.3 is 0 Å². The van der Waals surface area contributed by atoms with E-state index in [-0.39, 0.29) is 17.2 Å². The molecular formula is C28H25ClN4O2S2. The number of carbonyl (C=O) groups is 1. The van der Waals surface area contributed by atoms with Crippen molar-refractivity contribution in [3.05, 3.63) is 91.6 Å². The molecule has 9 heteroatoms. The third kappa shape index (κ3) is 5.87. The first-order valence-corrected chi connectivity index (χ1v) is 14.2. The highest BCUT2D eigenvalue weighted by Crippen LogP contribution is 2.35. The van der Waals surface area contributed by atoms with E-state index in [0.717, 1.165) is 47.2 Å². The van der Waals surface area contributed by atoms with Crippen LogP contribution in [0, 0.1) is 0 Å². The van der Waals surface area contributed by atoms with E-state index in [1.54, 1.807) is 46.4 Å². The Morgan fingerprint density at radius 3 is 2.70 bits per heavy atom. The number of rotatable bonds is 7. The van der Waals surface area contributed by atoms with Gasteiger partial charge in [-0.15, -0.1) is 11.3 Å². The number of carbonyl (C=O) groups excluding carboxylic acids is 1. The normalized spacial score (nSPS) is 13.7. The molecule has 188 valence electrons. The fraction of sp³-hybridized carbons (Fsp3) is 0.214. The number of aromatic nitrogens is 2. The minimum absolute atomic E-state index is 0.0649. The third-order valence-corrected chi connectivity index (χ3v) is 8.40. The number of hydrogen-bond acceptors (Lipinski definition) is 6. The van der Waals surface area contributed by atoms with Crippen LogP contribution in [0.1, 0.15) is 35.8 Å². The van der Waals surface area contributed by atoms with Crippen molar-refractivity contribution in [2.24, 2.45) is 5.10 Å². The molecule has 0 atom stereocenters. The Morgan fingerprint density at radius 2 is 1.92 bits per heavy atom. The second-order valence-electron chi connectivity index (χ2n) is 8.78. The predicted molar refractivity (Wildman–Crippen MR) is 154 cm³/mol. The van der Waals surface area contributed by atoms with Crippen molar-refractivity contribution < 1.29 is 4.79 Å². The Balaban J connectivity index is 1.38. The van der Waals surface area contributed by atoms with Crippen LogP contribution in [-0.4, -0.2) is 27.4 Å². The smallest absolute Gasteiger partial charge is 0.267 e. The lowest BCUT2D eigenvalue weighted by Crippen LogP contribution is -2.24. The van der Waals surface area contributed by atoms with Gasteiger partial charge in [0.25, 0.3) is 11.5 Å². The maximum Gasteiger partial charge on any atom is 0.267 e. The van der Waals surface area contributed by atoms with Gasteiger partial charge in [-0.25, -0.2) is 10.4 Å². The molecule has 37 heavy (non-hydrogen) atoms. The summed E-state index contributed by atoms with van der Waals surface area (Å²) in [6.07, 6.45) is 7.69. The maximum absolute atomic E-state index is 13.8. The number of thioether (sulfide) groups is 1. The van der Waals surface area contributed by atoms with Crippen LogP contribution >= 0.6 is 34.7 Å². The lowest BCUT2D eigenvalue weighted by molar-refractivity contribution is -0.118. The van der Waals surface area contributed by atoms with Crippen molar-refractivity contribution >= 4 is 63.1 Å². The summed E-state index contributed by atoms with van der Waals surface area (Å²) in [6, 6.07) is 17.0. The Bertz CT molecular complexity index is 1560. The van der Waals surface area contributed by atoms with E-state index in [1.807, 2.05) is 43.3 Å². The molecule has 1 amide bonds. The molecular weight excluding hydrogens is 524 g/mol. The van der Waals surface area contributed by atoms with Crippen molar-refractivity contribution in [3.8, 4) is 5.69 Å². The van der Waals surface area contributed by atoms with Gasteiger partial charge in [-0.1, -0.05) is 59.8 Å². The quantitative estimate of drug-likeness (QED) is 0.128. The van der Waals surface area contributed by atoms with E-state index in [1.165, 1.54) is 16.6 Å². The number of aryl methyl sites for hydroxylation is 2. The highest BCUT2D eigenvalue weighted by molar-refractivity contribution is 7.99. The van der Waals surface area contributed by atoms with Crippen LogP contribution in [0.3, 0.4) is 0 Å². The fourth-order valence-corrected chi connectivity index (χ4v) is 6.55. The summed E-state index contributed by atoms with van der Waals surface area (Å²) in [5, 5.41) is 5.83. The Labute approximate surface area is 228 Å². The number of allylic oxidation sites excluding steroid dienone is 1. The molecule has 4 aromatic rings. The molecule has 0 spiro atoms. The molecule has 0 fully saturated rings. The third-order valence-electron chi connectivity index (χ3n) is 6.03. The van der Waals surface area contributed by atoms with Crippen LogP contribution in [0.5, 0.6) is 0 Å². The number of amides is 1. The Kier molecular flexibility index (Phi) is 7.88. The number of fused-ring (bicyclic) bond motifs is 3. The van der Waals surface area contributed by atoms with E-state index >= 15 is 0 Å². The van der Waals surface area contributed by atoms with Crippen LogP contribution in [-0.2, 0) is 17.6 Å². The average molecular weight is 549 g/mol. The number of thiophene rings is 1. The van der Waals surface area contributed by atoms with Crippen LogP contribution < -0.4 is 11.0 Å². The molecule has 2 aromatic carbocycles. The van der Waals surface area contributed by atoms with Crippen molar-refractivity contribution in [1.29, 1.82) is 0 Å². The van der Waals surface area contributed by atoms with E-state index in [9.17, 15) is 9.59 Å². The summed E-state index contributed by atoms with van der Waals surface area (Å²) in [5.41, 5.74) is 6.23. The van der Waals surface area contributed by atoms with Crippen LogP contribution in [0.15, 0.2) is 75.2 Å². The van der Waals surface area contributed by atoms with Gasteiger partial charge in [-0.3, -0.25) is 14.2 Å². The fourth-order valence-electron chi connectivity index (χ4n) is 4.32. The summed E-state index contributed by atoms with van der Waals surface area (Å²) in [7, 11) is 0. The monoisotopic (exact) mass is 548 g/mol. The molecule has 1 aliphatic rings. The van der Waals surface area contributed by atoms with Gasteiger partial charge in [0.2, 0.25) is 0 Å². The number of nitrogens with zero attached hydrogens (tertiary/aromatic N) is 3. The van der Waals surface area contributed by atoms with Crippen molar-refractivity contribution in [2.75, 3.05) is 5.75 Å². The number of nitrogens with one attached hydrogen (secondary N) is 1. The first kappa shape index (κ1) is 25.4. The summed E-state index contributed by atoms with van der Waals surface area (Å²) in [6.45, 7) is 1.92. The predicted octanol–water partition coefficient (Wildman–Crippen LogP) is 6.28. The zero-order valence-electron chi connectivity index (χ0n) is 20.2. The molecule has 0 bridgehead atoms.